The van der Waals surface area contributed by atoms with E-state index in [9.17, 15) is 9.18 Å². The molecule has 0 unspecified atom stereocenters. The summed E-state index contributed by atoms with van der Waals surface area (Å²) in [6.07, 6.45) is 6.77. The molecule has 0 bridgehead atoms. The number of anilines is 1. The van der Waals surface area contributed by atoms with Gasteiger partial charge in [-0.2, -0.15) is 0 Å². The van der Waals surface area contributed by atoms with Crippen LogP contribution in [0.5, 0.6) is 11.5 Å². The van der Waals surface area contributed by atoms with Gasteiger partial charge in [-0.15, -0.1) is 12.4 Å². The van der Waals surface area contributed by atoms with E-state index in [-0.39, 0.29) is 30.3 Å². The third kappa shape index (κ3) is 7.20. The predicted octanol–water partition coefficient (Wildman–Crippen LogP) is 8.12. The molecule has 3 aromatic rings. The van der Waals surface area contributed by atoms with Crippen molar-refractivity contribution in [1.82, 2.24) is 9.88 Å². The smallest absolute Gasteiger partial charge is 0.322 e. The molecule has 0 atom stereocenters. The van der Waals surface area contributed by atoms with E-state index in [0.717, 1.165) is 53.9 Å². The van der Waals surface area contributed by atoms with Crippen molar-refractivity contribution in [2.75, 3.05) is 5.32 Å². The number of rotatable bonds is 6. The number of urea groups is 1. The van der Waals surface area contributed by atoms with Gasteiger partial charge in [-0.1, -0.05) is 37.8 Å². The minimum absolute atomic E-state index is 0. The van der Waals surface area contributed by atoms with Crippen LogP contribution in [0.1, 0.15) is 61.0 Å². The molecule has 2 aromatic carbocycles. The van der Waals surface area contributed by atoms with Gasteiger partial charge in [0.1, 0.15) is 17.3 Å². The predicted molar refractivity (Wildman–Crippen MR) is 145 cm³/mol. The number of benzene rings is 2. The molecule has 1 heterocycles. The van der Waals surface area contributed by atoms with Crippen LogP contribution in [0.15, 0.2) is 54.6 Å². The van der Waals surface area contributed by atoms with Crippen molar-refractivity contribution in [1.29, 1.82) is 0 Å². The van der Waals surface area contributed by atoms with Crippen LogP contribution >= 0.6 is 12.4 Å². The highest BCUT2D eigenvalue weighted by molar-refractivity contribution is 5.91. The second-order valence-corrected chi connectivity index (χ2v) is 9.44. The molecule has 0 spiro atoms. The molecule has 0 radical (unpaired) electrons. The second kappa shape index (κ2) is 12.7. The molecule has 4 rings (SSSR count). The summed E-state index contributed by atoms with van der Waals surface area (Å²) in [7, 11) is 0. The van der Waals surface area contributed by atoms with E-state index in [4.69, 9.17) is 4.74 Å². The SMILES string of the molecule is Cc1cc(C)c(NC(=O)N(Cc2ccc(Oc3ccc(F)cc3)cc2)C2CCCCCC2)c(C)n1.Cl. The summed E-state index contributed by atoms with van der Waals surface area (Å²) in [6, 6.07) is 15.8. The Morgan fingerprint density at radius 1 is 0.972 bits per heavy atom. The molecule has 1 aromatic heterocycles. The number of aryl methyl sites for hydroxylation is 3. The number of ether oxygens (including phenoxy) is 1. The number of carbonyl (C=O) groups is 1. The summed E-state index contributed by atoms with van der Waals surface area (Å²) in [5.74, 6) is 0.954. The van der Waals surface area contributed by atoms with Crippen molar-refractivity contribution in [3.63, 3.8) is 0 Å². The molecule has 7 heteroatoms. The zero-order valence-electron chi connectivity index (χ0n) is 21.2. The van der Waals surface area contributed by atoms with Gasteiger partial charge in [-0.05, 0) is 87.2 Å². The van der Waals surface area contributed by atoms with E-state index in [2.05, 4.69) is 10.3 Å². The highest BCUT2D eigenvalue weighted by atomic mass is 35.5. The van der Waals surface area contributed by atoms with E-state index >= 15 is 0 Å². The van der Waals surface area contributed by atoms with Gasteiger partial charge >= 0.3 is 6.03 Å². The highest BCUT2D eigenvalue weighted by Crippen LogP contribution is 2.27. The normalized spacial score (nSPS) is 13.9. The van der Waals surface area contributed by atoms with Gasteiger partial charge in [0.05, 0.1) is 11.4 Å². The summed E-state index contributed by atoms with van der Waals surface area (Å²) < 4.78 is 19.0. The van der Waals surface area contributed by atoms with Gasteiger partial charge in [0.25, 0.3) is 0 Å². The Labute approximate surface area is 219 Å². The van der Waals surface area contributed by atoms with E-state index in [1.807, 2.05) is 56.0 Å². The molecule has 2 amide bonds. The van der Waals surface area contributed by atoms with Crippen molar-refractivity contribution < 1.29 is 13.9 Å². The van der Waals surface area contributed by atoms with Crippen LogP contribution in [0.2, 0.25) is 0 Å². The summed E-state index contributed by atoms with van der Waals surface area (Å²) in [6.45, 7) is 6.43. The van der Waals surface area contributed by atoms with E-state index < -0.39 is 0 Å². The zero-order valence-corrected chi connectivity index (χ0v) is 22.0. The number of amides is 2. The van der Waals surface area contributed by atoms with Crippen molar-refractivity contribution in [3.8, 4) is 11.5 Å². The Balaban J connectivity index is 0.00000361. The van der Waals surface area contributed by atoms with Crippen LogP contribution in [-0.2, 0) is 6.54 Å². The van der Waals surface area contributed by atoms with Gasteiger partial charge in [-0.25, -0.2) is 9.18 Å². The van der Waals surface area contributed by atoms with Gasteiger partial charge in [-0.3, -0.25) is 4.98 Å². The molecule has 1 aliphatic rings. The van der Waals surface area contributed by atoms with Crippen LogP contribution < -0.4 is 10.1 Å². The molecule has 1 aliphatic carbocycles. The summed E-state index contributed by atoms with van der Waals surface area (Å²) in [4.78, 5) is 20.1. The first kappa shape index (κ1) is 27.5. The number of halogens is 2. The van der Waals surface area contributed by atoms with Crippen molar-refractivity contribution >= 4 is 24.1 Å². The standard InChI is InChI=1S/C29H34FN3O2.ClH/c1-20-18-21(2)31-22(3)28(20)32-29(34)33(25-8-6-4-5-7-9-25)19-23-10-14-26(15-11-23)35-27-16-12-24(30)13-17-27;/h10-18,25H,4-9,19H2,1-3H3,(H,32,34);1H. The zero-order chi connectivity index (χ0) is 24.8. The van der Waals surface area contributed by atoms with Crippen LogP contribution in [0, 0.1) is 26.6 Å². The number of carbonyl (C=O) groups excluding carboxylic acids is 1. The number of aromatic nitrogens is 1. The van der Waals surface area contributed by atoms with Crippen molar-refractivity contribution in [2.24, 2.45) is 0 Å². The molecular formula is C29H35ClFN3O2. The van der Waals surface area contributed by atoms with Gasteiger partial charge < -0.3 is 15.0 Å². The minimum Gasteiger partial charge on any atom is -0.457 e. The molecule has 0 saturated heterocycles. The van der Waals surface area contributed by atoms with Crippen LogP contribution in [-0.4, -0.2) is 22.0 Å². The fraction of sp³-hybridized carbons (Fsp3) is 0.379. The van der Waals surface area contributed by atoms with Crippen LogP contribution in [0.3, 0.4) is 0 Å². The summed E-state index contributed by atoms with van der Waals surface area (Å²) in [5, 5.41) is 3.16. The van der Waals surface area contributed by atoms with E-state index in [0.29, 0.717) is 18.0 Å². The molecule has 1 fully saturated rings. The third-order valence-electron chi connectivity index (χ3n) is 6.61. The quantitative estimate of drug-likeness (QED) is 0.340. The Morgan fingerprint density at radius 2 is 1.56 bits per heavy atom. The van der Waals surface area contributed by atoms with Gasteiger partial charge in [0.15, 0.2) is 0 Å². The monoisotopic (exact) mass is 511 g/mol. The average Bonchev–Trinajstić information content (AvgIpc) is 3.11. The number of nitrogens with zero attached hydrogens (tertiary/aromatic N) is 2. The first-order valence-electron chi connectivity index (χ1n) is 12.4. The Kier molecular flexibility index (Phi) is 9.71. The lowest BCUT2D eigenvalue weighted by Gasteiger charge is -2.32. The maximum Gasteiger partial charge on any atom is 0.322 e. The lowest BCUT2D eigenvalue weighted by molar-refractivity contribution is 0.175. The fourth-order valence-electron chi connectivity index (χ4n) is 4.83. The Bertz CT molecular complexity index is 1120. The summed E-state index contributed by atoms with van der Waals surface area (Å²) >= 11 is 0. The lowest BCUT2D eigenvalue weighted by atomic mass is 10.1. The number of hydrogen-bond acceptors (Lipinski definition) is 3. The molecule has 1 saturated carbocycles. The van der Waals surface area contributed by atoms with Crippen molar-refractivity contribution in [2.45, 2.75) is 71.9 Å². The van der Waals surface area contributed by atoms with Crippen LogP contribution in [0.4, 0.5) is 14.9 Å². The Morgan fingerprint density at radius 3 is 2.14 bits per heavy atom. The maximum atomic E-state index is 13.6. The van der Waals surface area contributed by atoms with E-state index in [1.54, 1.807) is 12.1 Å². The molecule has 192 valence electrons. The number of pyridine rings is 1. The Hall–Kier alpha value is -3.12. The van der Waals surface area contributed by atoms with Gasteiger partial charge in [0, 0.05) is 18.3 Å². The van der Waals surface area contributed by atoms with Crippen LogP contribution in [0.25, 0.3) is 0 Å². The molecular weight excluding hydrogens is 477 g/mol. The van der Waals surface area contributed by atoms with Gasteiger partial charge in [0.2, 0.25) is 0 Å². The second-order valence-electron chi connectivity index (χ2n) is 9.44. The first-order chi connectivity index (χ1) is 16.9. The number of hydrogen-bond donors (Lipinski definition) is 1. The molecule has 1 N–H and O–H groups in total. The summed E-state index contributed by atoms with van der Waals surface area (Å²) in [5.41, 5.74) is 4.63. The highest BCUT2D eigenvalue weighted by Gasteiger charge is 2.26. The maximum absolute atomic E-state index is 13.6. The lowest BCUT2D eigenvalue weighted by Crippen LogP contribution is -2.42. The molecule has 36 heavy (non-hydrogen) atoms. The number of nitrogens with one attached hydrogen (secondary N) is 1. The largest absolute Gasteiger partial charge is 0.457 e. The molecule has 5 nitrogen and oxygen atoms in total. The molecule has 0 aliphatic heterocycles. The topological polar surface area (TPSA) is 54.5 Å². The fourth-order valence-corrected chi connectivity index (χ4v) is 4.83. The van der Waals surface area contributed by atoms with E-state index in [1.165, 1.54) is 25.0 Å². The average molecular weight is 512 g/mol. The minimum atomic E-state index is -0.295. The first-order valence-corrected chi connectivity index (χ1v) is 12.4. The van der Waals surface area contributed by atoms with Crippen molar-refractivity contribution in [3.05, 3.63) is 82.9 Å². The third-order valence-corrected chi connectivity index (χ3v) is 6.61.